The van der Waals surface area contributed by atoms with Gasteiger partial charge < -0.3 is 0 Å². The van der Waals surface area contributed by atoms with Crippen molar-refractivity contribution in [2.45, 2.75) is 25.7 Å². The van der Waals surface area contributed by atoms with Crippen LogP contribution in [0, 0.1) is 5.92 Å². The number of benzene rings is 1. The summed E-state index contributed by atoms with van der Waals surface area (Å²) >= 11 is 0. The van der Waals surface area contributed by atoms with Crippen LogP contribution in [0.15, 0.2) is 30.3 Å². The number of carbonyl (C=O) groups excluding carboxylic acids is 1. The Labute approximate surface area is 108 Å². The first kappa shape index (κ1) is 13.3. The van der Waals surface area contributed by atoms with E-state index in [-0.39, 0.29) is 23.2 Å². The molecule has 18 heavy (non-hydrogen) atoms. The maximum Gasteiger partial charge on any atom is 0.177 e. The number of carbonyl (C=O) groups is 1. The first-order chi connectivity index (χ1) is 8.57. The lowest BCUT2D eigenvalue weighted by atomic mass is 10.1. The van der Waals surface area contributed by atoms with Crippen LogP contribution in [0.2, 0.25) is 0 Å². The molecule has 2 rings (SSSR count). The molecule has 0 spiro atoms. The fourth-order valence-electron chi connectivity index (χ4n) is 2.50. The lowest BCUT2D eigenvalue weighted by Crippen LogP contribution is -2.22. The van der Waals surface area contributed by atoms with Crippen LogP contribution >= 0.6 is 0 Å². The van der Waals surface area contributed by atoms with Crippen LogP contribution in [0.1, 0.15) is 36.0 Å². The zero-order valence-electron chi connectivity index (χ0n) is 10.3. The fraction of sp³-hybridized carbons (Fsp3) is 0.500. The zero-order chi connectivity index (χ0) is 13.0. The van der Waals surface area contributed by atoms with E-state index in [1.54, 1.807) is 24.3 Å². The summed E-state index contributed by atoms with van der Waals surface area (Å²) in [6.45, 7) is 0. The quantitative estimate of drug-likeness (QED) is 0.769. The van der Waals surface area contributed by atoms with Gasteiger partial charge in [0.15, 0.2) is 15.6 Å². The molecule has 0 unspecified atom stereocenters. The first-order valence-corrected chi connectivity index (χ1v) is 8.18. The van der Waals surface area contributed by atoms with Gasteiger partial charge in [-0.2, -0.15) is 0 Å². The molecule has 4 heteroatoms. The Bertz CT molecular complexity index is 499. The third-order valence-corrected chi connectivity index (χ3v) is 5.09. The van der Waals surface area contributed by atoms with Gasteiger partial charge in [0.05, 0.1) is 5.75 Å². The molecular weight excluding hydrogens is 248 g/mol. The van der Waals surface area contributed by atoms with E-state index in [0.717, 1.165) is 25.7 Å². The second kappa shape index (κ2) is 5.65. The Kier molecular flexibility index (Phi) is 4.17. The van der Waals surface area contributed by atoms with Crippen LogP contribution in [-0.2, 0) is 9.84 Å². The highest BCUT2D eigenvalue weighted by molar-refractivity contribution is 7.92. The van der Waals surface area contributed by atoms with Crippen molar-refractivity contribution in [2.24, 2.45) is 5.92 Å². The molecule has 1 aromatic carbocycles. The maximum absolute atomic E-state index is 11.9. The van der Waals surface area contributed by atoms with Crippen molar-refractivity contribution in [1.82, 2.24) is 0 Å². The third-order valence-electron chi connectivity index (χ3n) is 3.41. The number of Topliss-reactive ketones (excluding diaryl/α,β-unsaturated/α-hetero) is 1. The molecule has 0 aromatic heterocycles. The fourth-order valence-corrected chi connectivity index (χ4v) is 4.24. The van der Waals surface area contributed by atoms with Gasteiger partial charge in [-0.25, -0.2) is 8.42 Å². The van der Waals surface area contributed by atoms with Crippen molar-refractivity contribution in [1.29, 1.82) is 0 Å². The number of hydrogen-bond acceptors (Lipinski definition) is 3. The third kappa shape index (κ3) is 3.67. The predicted molar refractivity (Wildman–Crippen MR) is 71.4 cm³/mol. The van der Waals surface area contributed by atoms with Gasteiger partial charge in [0.25, 0.3) is 0 Å². The Morgan fingerprint density at radius 3 is 2.33 bits per heavy atom. The number of sulfone groups is 1. The van der Waals surface area contributed by atoms with Crippen LogP contribution in [-0.4, -0.2) is 25.7 Å². The SMILES string of the molecule is O=C(CS(=O)(=O)CC1CCCC1)c1ccccc1. The molecule has 0 radical (unpaired) electrons. The lowest BCUT2D eigenvalue weighted by Gasteiger charge is -2.09. The van der Waals surface area contributed by atoms with Gasteiger partial charge >= 0.3 is 0 Å². The molecule has 0 bridgehead atoms. The van der Waals surface area contributed by atoms with E-state index in [0.29, 0.717) is 5.56 Å². The smallest absolute Gasteiger partial charge is 0.177 e. The minimum atomic E-state index is -3.26. The Balaban J connectivity index is 1.97. The molecule has 0 aliphatic heterocycles. The molecule has 1 aliphatic rings. The second-order valence-corrected chi connectivity index (χ2v) is 7.10. The van der Waals surface area contributed by atoms with E-state index in [2.05, 4.69) is 0 Å². The van der Waals surface area contributed by atoms with Crippen molar-refractivity contribution >= 4 is 15.6 Å². The Morgan fingerprint density at radius 2 is 1.72 bits per heavy atom. The largest absolute Gasteiger partial charge is 0.293 e. The molecule has 98 valence electrons. The van der Waals surface area contributed by atoms with Crippen molar-refractivity contribution in [3.05, 3.63) is 35.9 Å². The molecule has 0 amide bonds. The monoisotopic (exact) mass is 266 g/mol. The zero-order valence-corrected chi connectivity index (χ0v) is 11.2. The summed E-state index contributed by atoms with van der Waals surface area (Å²) in [6, 6.07) is 8.62. The van der Waals surface area contributed by atoms with Gasteiger partial charge in [0.2, 0.25) is 0 Å². The van der Waals surface area contributed by atoms with Crippen molar-refractivity contribution < 1.29 is 13.2 Å². The maximum atomic E-state index is 11.9. The van der Waals surface area contributed by atoms with Crippen molar-refractivity contribution in [3.63, 3.8) is 0 Å². The molecule has 1 saturated carbocycles. The van der Waals surface area contributed by atoms with Gasteiger partial charge in [-0.15, -0.1) is 0 Å². The Hall–Kier alpha value is -1.16. The minimum Gasteiger partial charge on any atom is -0.293 e. The average molecular weight is 266 g/mol. The van der Waals surface area contributed by atoms with Crippen molar-refractivity contribution in [3.8, 4) is 0 Å². The molecule has 0 atom stereocenters. The summed E-state index contributed by atoms with van der Waals surface area (Å²) in [5.74, 6) is -0.216. The topological polar surface area (TPSA) is 51.2 Å². The van der Waals surface area contributed by atoms with Gasteiger partial charge in [-0.3, -0.25) is 4.79 Å². The lowest BCUT2D eigenvalue weighted by molar-refractivity contribution is 0.102. The number of ketones is 1. The van der Waals surface area contributed by atoms with E-state index >= 15 is 0 Å². The molecule has 3 nitrogen and oxygen atoms in total. The molecular formula is C14H18O3S. The van der Waals surface area contributed by atoms with Crippen LogP contribution in [0.3, 0.4) is 0 Å². The van der Waals surface area contributed by atoms with Crippen LogP contribution in [0.4, 0.5) is 0 Å². The molecule has 1 aromatic rings. The summed E-state index contributed by atoms with van der Waals surface area (Å²) in [5.41, 5.74) is 0.479. The van der Waals surface area contributed by atoms with E-state index in [1.807, 2.05) is 6.07 Å². The molecule has 1 aliphatic carbocycles. The van der Waals surface area contributed by atoms with Gasteiger partial charge in [0, 0.05) is 5.56 Å². The van der Waals surface area contributed by atoms with Gasteiger partial charge in [0.1, 0.15) is 5.75 Å². The van der Waals surface area contributed by atoms with Crippen molar-refractivity contribution in [2.75, 3.05) is 11.5 Å². The summed E-state index contributed by atoms with van der Waals surface area (Å²) in [4.78, 5) is 11.9. The predicted octanol–water partition coefficient (Wildman–Crippen LogP) is 2.47. The van der Waals surface area contributed by atoms with Crippen LogP contribution in [0.25, 0.3) is 0 Å². The highest BCUT2D eigenvalue weighted by atomic mass is 32.2. The average Bonchev–Trinajstić information content (AvgIpc) is 2.81. The van der Waals surface area contributed by atoms with E-state index in [1.165, 1.54) is 0 Å². The number of hydrogen-bond donors (Lipinski definition) is 0. The molecule has 0 heterocycles. The van der Waals surface area contributed by atoms with Crippen LogP contribution < -0.4 is 0 Å². The first-order valence-electron chi connectivity index (χ1n) is 6.35. The highest BCUT2D eigenvalue weighted by Crippen LogP contribution is 2.26. The normalized spacial score (nSPS) is 16.9. The summed E-state index contributed by atoms with van der Waals surface area (Å²) < 4.78 is 23.9. The summed E-state index contributed by atoms with van der Waals surface area (Å²) in [7, 11) is -3.26. The molecule has 0 saturated heterocycles. The second-order valence-electron chi connectivity index (χ2n) is 4.99. The Morgan fingerprint density at radius 1 is 1.11 bits per heavy atom. The standard InChI is InChI=1S/C14H18O3S/c15-14(13-8-2-1-3-9-13)11-18(16,17)10-12-6-4-5-7-12/h1-3,8-9,12H,4-7,10-11H2. The number of rotatable bonds is 5. The summed E-state index contributed by atoms with van der Waals surface area (Å²) in [5, 5.41) is 0. The van der Waals surface area contributed by atoms with E-state index in [9.17, 15) is 13.2 Å². The van der Waals surface area contributed by atoms with E-state index in [4.69, 9.17) is 0 Å². The van der Waals surface area contributed by atoms with Crippen LogP contribution in [0.5, 0.6) is 0 Å². The summed E-state index contributed by atoms with van der Waals surface area (Å²) in [6.07, 6.45) is 4.21. The highest BCUT2D eigenvalue weighted by Gasteiger charge is 2.24. The molecule has 1 fully saturated rings. The minimum absolute atomic E-state index is 0.172. The molecule has 0 N–H and O–H groups in total. The van der Waals surface area contributed by atoms with Gasteiger partial charge in [-0.05, 0) is 18.8 Å². The van der Waals surface area contributed by atoms with Gasteiger partial charge in [-0.1, -0.05) is 43.2 Å². The van der Waals surface area contributed by atoms with E-state index < -0.39 is 9.84 Å².